The van der Waals surface area contributed by atoms with Gasteiger partial charge in [-0.25, -0.2) is 23.1 Å². The Morgan fingerprint density at radius 2 is 1.57 bits per heavy atom. The van der Waals surface area contributed by atoms with E-state index < -0.39 is 27.7 Å². The van der Waals surface area contributed by atoms with Crippen molar-refractivity contribution < 1.29 is 27.9 Å². The first kappa shape index (κ1) is 31.9. The summed E-state index contributed by atoms with van der Waals surface area (Å²) in [6.07, 6.45) is -1.14. The third kappa shape index (κ3) is 7.68. The number of ether oxygens (including phenoxy) is 1. The molecular formula is C33H34N4O6S. The highest BCUT2D eigenvalue weighted by atomic mass is 32.2. The largest absolute Gasteiger partial charge is 0.465 e. The van der Waals surface area contributed by atoms with Gasteiger partial charge in [0.15, 0.2) is 0 Å². The normalized spacial score (nSPS) is 12.5. The van der Waals surface area contributed by atoms with E-state index in [2.05, 4.69) is 5.32 Å². The monoisotopic (exact) mass is 614 g/mol. The van der Waals surface area contributed by atoms with Crippen molar-refractivity contribution in [2.75, 3.05) is 4.90 Å². The van der Waals surface area contributed by atoms with E-state index in [1.54, 1.807) is 60.7 Å². The number of sulfonamides is 1. The molecule has 11 heteroatoms. The molecule has 44 heavy (non-hydrogen) atoms. The number of hydrogen-bond acceptors (Lipinski definition) is 6. The third-order valence-electron chi connectivity index (χ3n) is 7.36. The number of carboxylic acid groups (broad SMARTS) is 1. The number of alkyl carbamates (subject to hydrolysis) is 1. The number of nitrogens with one attached hydrogen (secondary N) is 2. The van der Waals surface area contributed by atoms with Crippen LogP contribution in [0.15, 0.2) is 108 Å². The predicted molar refractivity (Wildman–Crippen MR) is 169 cm³/mol. The molecule has 0 saturated carbocycles. The van der Waals surface area contributed by atoms with E-state index in [1.807, 2.05) is 50.2 Å². The minimum atomic E-state index is -3.96. The highest BCUT2D eigenvalue weighted by molar-refractivity contribution is 7.89. The SMILES string of the molecule is CCC(C)(Cc1cccc(C(=N)NC(=O)OCc2ccccc2)c1)N(C(=O)O)c1ccc(-c2ccccc2S(N)(=O)=O)cc1. The molecule has 0 bridgehead atoms. The fourth-order valence-electron chi connectivity index (χ4n) is 4.97. The van der Waals surface area contributed by atoms with Crippen molar-refractivity contribution in [3.8, 4) is 11.1 Å². The second-order valence-corrected chi connectivity index (χ2v) is 12.0. The van der Waals surface area contributed by atoms with E-state index in [0.717, 1.165) is 11.1 Å². The molecule has 0 aliphatic carbocycles. The van der Waals surface area contributed by atoms with E-state index in [4.69, 9.17) is 15.3 Å². The zero-order valence-corrected chi connectivity index (χ0v) is 25.2. The Kier molecular flexibility index (Phi) is 9.82. The first-order valence-electron chi connectivity index (χ1n) is 13.8. The highest BCUT2D eigenvalue weighted by Gasteiger charge is 2.35. The van der Waals surface area contributed by atoms with Crippen LogP contribution in [-0.4, -0.2) is 37.1 Å². The predicted octanol–water partition coefficient (Wildman–Crippen LogP) is 6.15. The summed E-state index contributed by atoms with van der Waals surface area (Å²) in [5.41, 5.74) is 2.53. The average molecular weight is 615 g/mol. The number of anilines is 1. The van der Waals surface area contributed by atoms with Crippen LogP contribution in [0.4, 0.5) is 15.3 Å². The number of nitrogens with zero attached hydrogens (tertiary/aromatic N) is 1. The van der Waals surface area contributed by atoms with Crippen LogP contribution in [0.25, 0.3) is 11.1 Å². The Bertz CT molecular complexity index is 1760. The topological polar surface area (TPSA) is 163 Å². The number of primary sulfonamides is 1. The molecule has 4 rings (SSSR count). The van der Waals surface area contributed by atoms with Crippen molar-refractivity contribution in [3.63, 3.8) is 0 Å². The molecule has 0 aliphatic heterocycles. The van der Waals surface area contributed by atoms with Crippen LogP contribution in [0.2, 0.25) is 0 Å². The summed E-state index contributed by atoms with van der Waals surface area (Å²) < 4.78 is 29.4. The van der Waals surface area contributed by atoms with Gasteiger partial charge in [-0.15, -0.1) is 0 Å². The van der Waals surface area contributed by atoms with E-state index in [0.29, 0.717) is 35.2 Å². The number of amidine groups is 1. The number of hydrogen-bond donors (Lipinski definition) is 4. The Hall–Kier alpha value is -5.00. The van der Waals surface area contributed by atoms with Gasteiger partial charge in [0, 0.05) is 16.8 Å². The molecule has 0 heterocycles. The van der Waals surface area contributed by atoms with E-state index in [-0.39, 0.29) is 17.3 Å². The minimum Gasteiger partial charge on any atom is -0.465 e. The Morgan fingerprint density at radius 3 is 2.20 bits per heavy atom. The summed E-state index contributed by atoms with van der Waals surface area (Å²) in [5.74, 6) is -0.145. The second-order valence-electron chi connectivity index (χ2n) is 10.5. The fraction of sp³-hybridized carbons (Fsp3) is 0.182. The van der Waals surface area contributed by atoms with Crippen LogP contribution in [0, 0.1) is 5.41 Å². The first-order valence-corrected chi connectivity index (χ1v) is 15.4. The molecule has 0 fully saturated rings. The maximum absolute atomic E-state index is 12.6. The molecule has 0 saturated heterocycles. The lowest BCUT2D eigenvalue weighted by Crippen LogP contribution is -2.51. The highest BCUT2D eigenvalue weighted by Crippen LogP contribution is 2.33. The average Bonchev–Trinajstić information content (AvgIpc) is 3.00. The summed E-state index contributed by atoms with van der Waals surface area (Å²) in [5, 5.41) is 26.5. The standard InChI is InChI=1S/C33H34N4O6S/c1-3-33(2,21-24-12-9-13-26(20-24)30(34)36-31(38)43-22-23-10-5-4-6-11-23)37(32(39)40)27-18-16-25(17-19-27)28-14-7-8-15-29(28)44(35,41)42/h4-20H,3,21-22H2,1-2H3,(H,39,40)(H2,34,36,38)(H2,35,41,42). The van der Waals surface area contributed by atoms with Crippen molar-refractivity contribution in [1.29, 1.82) is 5.41 Å². The van der Waals surface area contributed by atoms with Gasteiger partial charge in [-0.2, -0.15) is 0 Å². The molecule has 4 aromatic rings. The number of benzene rings is 4. The van der Waals surface area contributed by atoms with Gasteiger partial charge in [-0.05, 0) is 60.7 Å². The van der Waals surface area contributed by atoms with Crippen LogP contribution in [0.3, 0.4) is 0 Å². The van der Waals surface area contributed by atoms with Crippen molar-refractivity contribution >= 4 is 33.7 Å². The Balaban J connectivity index is 1.52. The molecule has 1 atom stereocenters. The molecule has 0 radical (unpaired) electrons. The molecule has 10 nitrogen and oxygen atoms in total. The first-order chi connectivity index (χ1) is 20.9. The lowest BCUT2D eigenvalue weighted by Gasteiger charge is -2.39. The summed E-state index contributed by atoms with van der Waals surface area (Å²) in [4.78, 5) is 26.2. The van der Waals surface area contributed by atoms with Crippen molar-refractivity contribution in [2.24, 2.45) is 5.14 Å². The number of amides is 2. The van der Waals surface area contributed by atoms with Gasteiger partial charge in [0.05, 0.1) is 10.4 Å². The number of carbonyl (C=O) groups excluding carboxylic acids is 1. The maximum atomic E-state index is 12.6. The fourth-order valence-corrected chi connectivity index (χ4v) is 5.73. The van der Waals surface area contributed by atoms with Crippen molar-refractivity contribution in [2.45, 2.75) is 43.7 Å². The molecule has 2 amide bonds. The van der Waals surface area contributed by atoms with Crippen LogP contribution < -0.4 is 15.4 Å². The Morgan fingerprint density at radius 1 is 0.932 bits per heavy atom. The van der Waals surface area contributed by atoms with E-state index >= 15 is 0 Å². The van der Waals surface area contributed by atoms with Crippen LogP contribution >= 0.6 is 0 Å². The summed E-state index contributed by atoms with van der Waals surface area (Å²) in [6, 6.07) is 29.1. The zero-order valence-electron chi connectivity index (χ0n) is 24.4. The summed E-state index contributed by atoms with van der Waals surface area (Å²) >= 11 is 0. The maximum Gasteiger partial charge on any atom is 0.413 e. The summed E-state index contributed by atoms with van der Waals surface area (Å²) in [7, 11) is -3.96. The number of nitrogens with two attached hydrogens (primary N) is 1. The second kappa shape index (κ2) is 13.5. The third-order valence-corrected chi connectivity index (χ3v) is 8.33. The van der Waals surface area contributed by atoms with Crippen LogP contribution in [-0.2, 0) is 27.8 Å². The van der Waals surface area contributed by atoms with Gasteiger partial charge in [0.25, 0.3) is 0 Å². The zero-order chi connectivity index (χ0) is 31.9. The van der Waals surface area contributed by atoms with Crippen LogP contribution in [0.5, 0.6) is 0 Å². The van der Waals surface area contributed by atoms with Gasteiger partial charge < -0.3 is 9.84 Å². The molecular weight excluding hydrogens is 580 g/mol. The van der Waals surface area contributed by atoms with E-state index in [9.17, 15) is 23.1 Å². The molecule has 0 spiro atoms. The lowest BCUT2D eigenvalue weighted by atomic mass is 9.87. The van der Waals surface area contributed by atoms with Gasteiger partial charge in [0.2, 0.25) is 10.0 Å². The quantitative estimate of drug-likeness (QED) is 0.124. The van der Waals surface area contributed by atoms with Gasteiger partial charge in [0.1, 0.15) is 12.4 Å². The van der Waals surface area contributed by atoms with Gasteiger partial charge in [-0.1, -0.05) is 85.8 Å². The van der Waals surface area contributed by atoms with Gasteiger partial charge >= 0.3 is 12.2 Å². The van der Waals surface area contributed by atoms with Gasteiger partial charge in [-0.3, -0.25) is 15.6 Å². The molecule has 0 aromatic heterocycles. The minimum absolute atomic E-state index is 0.0226. The van der Waals surface area contributed by atoms with Crippen LogP contribution in [0.1, 0.15) is 37.0 Å². The molecule has 1 unspecified atom stereocenters. The molecule has 4 aromatic carbocycles. The Labute approximate surface area is 256 Å². The number of carbonyl (C=O) groups is 2. The lowest BCUT2D eigenvalue weighted by molar-refractivity contribution is 0.145. The molecule has 228 valence electrons. The van der Waals surface area contributed by atoms with E-state index in [1.165, 1.54) is 11.0 Å². The smallest absolute Gasteiger partial charge is 0.413 e. The number of rotatable bonds is 10. The molecule has 0 aliphatic rings. The van der Waals surface area contributed by atoms with Crippen molar-refractivity contribution in [3.05, 3.63) is 120 Å². The van der Waals surface area contributed by atoms with Crippen molar-refractivity contribution in [1.82, 2.24) is 5.32 Å². The molecule has 5 N–H and O–H groups in total. The summed E-state index contributed by atoms with van der Waals surface area (Å²) in [6.45, 7) is 3.80.